The summed E-state index contributed by atoms with van der Waals surface area (Å²) in [7, 11) is 0. The first-order chi connectivity index (χ1) is 9.02. The third kappa shape index (κ3) is 2.96. The highest BCUT2D eigenvalue weighted by atomic mass is 35.5. The number of halogens is 2. The molecule has 1 aliphatic rings. The van der Waals surface area contributed by atoms with Gasteiger partial charge in [0.15, 0.2) is 0 Å². The topological polar surface area (TPSA) is 81.2 Å². The van der Waals surface area contributed by atoms with Crippen LogP contribution in [0.4, 0.5) is 15.8 Å². The third-order valence-electron chi connectivity index (χ3n) is 3.54. The molecule has 0 saturated heterocycles. The molecule has 7 heteroatoms. The van der Waals surface area contributed by atoms with Crippen LogP contribution in [0.1, 0.15) is 19.3 Å². The van der Waals surface area contributed by atoms with Gasteiger partial charge in [0.1, 0.15) is 11.5 Å². The number of hydrogen-bond donors (Lipinski definition) is 2. The van der Waals surface area contributed by atoms with Crippen molar-refractivity contribution in [1.82, 2.24) is 0 Å². The summed E-state index contributed by atoms with van der Waals surface area (Å²) in [5, 5.41) is 13.8. The summed E-state index contributed by atoms with van der Waals surface area (Å²) in [5.74, 6) is -0.407. The lowest BCUT2D eigenvalue weighted by Gasteiger charge is -2.20. The maximum absolute atomic E-state index is 13.5. The molecule has 1 fully saturated rings. The molecule has 104 valence electrons. The van der Waals surface area contributed by atoms with Crippen molar-refractivity contribution in [2.24, 2.45) is 11.7 Å². The molecular formula is C12H15ClFN3O2. The smallest absolute Gasteiger partial charge is 0.294 e. The van der Waals surface area contributed by atoms with Gasteiger partial charge < -0.3 is 11.1 Å². The quantitative estimate of drug-likeness (QED) is 0.659. The lowest BCUT2D eigenvalue weighted by molar-refractivity contribution is -0.384. The Morgan fingerprint density at radius 3 is 2.89 bits per heavy atom. The van der Waals surface area contributed by atoms with Crippen molar-refractivity contribution in [2.45, 2.75) is 25.3 Å². The number of anilines is 1. The van der Waals surface area contributed by atoms with Crippen LogP contribution < -0.4 is 11.1 Å². The summed E-state index contributed by atoms with van der Waals surface area (Å²) in [6.07, 6.45) is 2.88. The molecule has 0 radical (unpaired) electrons. The molecule has 0 bridgehead atoms. The van der Waals surface area contributed by atoms with Crippen LogP contribution in [-0.4, -0.2) is 17.5 Å². The van der Waals surface area contributed by atoms with Gasteiger partial charge in [-0.3, -0.25) is 10.1 Å². The third-order valence-corrected chi connectivity index (χ3v) is 3.83. The highest BCUT2D eigenvalue weighted by Crippen LogP contribution is 2.34. The summed E-state index contributed by atoms with van der Waals surface area (Å²) in [5.41, 5.74) is 5.61. The fourth-order valence-corrected chi connectivity index (χ4v) is 2.67. The van der Waals surface area contributed by atoms with Crippen molar-refractivity contribution in [3.63, 3.8) is 0 Å². The molecule has 2 unspecified atom stereocenters. The Labute approximate surface area is 115 Å². The van der Waals surface area contributed by atoms with Crippen molar-refractivity contribution >= 4 is 23.0 Å². The van der Waals surface area contributed by atoms with Crippen LogP contribution in [-0.2, 0) is 0 Å². The number of nitro benzene ring substituents is 1. The van der Waals surface area contributed by atoms with E-state index in [1.165, 1.54) is 0 Å². The minimum absolute atomic E-state index is 0.0456. The molecule has 2 rings (SSSR count). The van der Waals surface area contributed by atoms with E-state index in [1.807, 2.05) is 0 Å². The molecule has 19 heavy (non-hydrogen) atoms. The van der Waals surface area contributed by atoms with E-state index in [9.17, 15) is 14.5 Å². The number of nitro groups is 1. The number of hydrogen-bond acceptors (Lipinski definition) is 4. The maximum Gasteiger partial charge on any atom is 0.294 e. The van der Waals surface area contributed by atoms with Crippen molar-refractivity contribution in [3.05, 3.63) is 33.1 Å². The zero-order valence-electron chi connectivity index (χ0n) is 10.2. The van der Waals surface area contributed by atoms with Crippen molar-refractivity contribution < 1.29 is 9.31 Å². The summed E-state index contributed by atoms with van der Waals surface area (Å²) in [6.45, 7) is 0.515. The van der Waals surface area contributed by atoms with E-state index in [2.05, 4.69) is 5.32 Å². The van der Waals surface area contributed by atoms with E-state index in [0.29, 0.717) is 6.54 Å². The van der Waals surface area contributed by atoms with Gasteiger partial charge in [-0.1, -0.05) is 18.0 Å². The Morgan fingerprint density at radius 2 is 2.26 bits per heavy atom. The molecule has 3 N–H and O–H groups in total. The molecule has 0 aromatic heterocycles. The molecule has 0 heterocycles. The fourth-order valence-electron chi connectivity index (χ4n) is 2.51. The second-order valence-corrected chi connectivity index (χ2v) is 5.13. The highest BCUT2D eigenvalue weighted by Gasteiger charge is 2.28. The van der Waals surface area contributed by atoms with Crippen molar-refractivity contribution in [3.8, 4) is 0 Å². The van der Waals surface area contributed by atoms with E-state index in [-0.39, 0.29) is 28.4 Å². The Bertz CT molecular complexity index is 498. The standard InChI is InChI=1S/C12H15ClFN3O2/c13-8-4-12(17(18)19)11(5-9(8)14)16-10-3-1-2-7(10)6-15/h4-5,7,10,16H,1-3,6,15H2. The lowest BCUT2D eigenvalue weighted by Crippen LogP contribution is -2.29. The fraction of sp³-hybridized carbons (Fsp3) is 0.500. The SMILES string of the molecule is NCC1CCCC1Nc1cc(F)c(Cl)cc1[N+](=O)[O-]. The van der Waals surface area contributed by atoms with E-state index >= 15 is 0 Å². The maximum atomic E-state index is 13.5. The predicted octanol–water partition coefficient (Wildman–Crippen LogP) is 2.93. The number of rotatable bonds is 4. The molecule has 5 nitrogen and oxygen atoms in total. The molecule has 0 spiro atoms. The lowest BCUT2D eigenvalue weighted by atomic mass is 10.0. The largest absolute Gasteiger partial charge is 0.376 e. The zero-order chi connectivity index (χ0) is 14.0. The first kappa shape index (κ1) is 14.0. The molecule has 0 aliphatic heterocycles. The van der Waals surface area contributed by atoms with Crippen LogP contribution in [0.3, 0.4) is 0 Å². The van der Waals surface area contributed by atoms with Crippen LogP contribution in [0.15, 0.2) is 12.1 Å². The average molecular weight is 288 g/mol. The van der Waals surface area contributed by atoms with Gasteiger partial charge in [0, 0.05) is 18.2 Å². The van der Waals surface area contributed by atoms with Gasteiger partial charge >= 0.3 is 0 Å². The van der Waals surface area contributed by atoms with Crippen molar-refractivity contribution in [1.29, 1.82) is 0 Å². The first-order valence-electron chi connectivity index (χ1n) is 6.13. The van der Waals surface area contributed by atoms with E-state index < -0.39 is 10.7 Å². The number of nitrogens with two attached hydrogens (primary N) is 1. The zero-order valence-corrected chi connectivity index (χ0v) is 11.0. The van der Waals surface area contributed by atoms with Gasteiger partial charge in [-0.25, -0.2) is 4.39 Å². The average Bonchev–Trinajstić information content (AvgIpc) is 2.80. The highest BCUT2D eigenvalue weighted by molar-refractivity contribution is 6.31. The van der Waals surface area contributed by atoms with Crippen LogP contribution in [0.2, 0.25) is 5.02 Å². The minimum atomic E-state index is -0.669. The Hall–Kier alpha value is -1.40. The number of benzene rings is 1. The van der Waals surface area contributed by atoms with Crippen molar-refractivity contribution in [2.75, 3.05) is 11.9 Å². The second-order valence-electron chi connectivity index (χ2n) is 4.72. The molecule has 0 amide bonds. The molecule has 1 aromatic carbocycles. The van der Waals surface area contributed by atoms with Gasteiger partial charge in [0.25, 0.3) is 5.69 Å². The van der Waals surface area contributed by atoms with E-state index in [0.717, 1.165) is 31.4 Å². The van der Waals surface area contributed by atoms with Gasteiger partial charge in [-0.15, -0.1) is 0 Å². The van der Waals surface area contributed by atoms with Gasteiger partial charge in [-0.2, -0.15) is 0 Å². The Balaban J connectivity index is 2.28. The molecule has 1 aromatic rings. The van der Waals surface area contributed by atoms with Gasteiger partial charge in [0.05, 0.1) is 9.95 Å². The number of nitrogens with one attached hydrogen (secondary N) is 1. The summed E-state index contributed by atoms with van der Waals surface area (Å²) < 4.78 is 13.5. The molecule has 1 aliphatic carbocycles. The normalized spacial score (nSPS) is 22.5. The molecule has 2 atom stereocenters. The summed E-state index contributed by atoms with van der Waals surface area (Å²) >= 11 is 5.58. The predicted molar refractivity (Wildman–Crippen MR) is 71.9 cm³/mol. The van der Waals surface area contributed by atoms with E-state index in [1.54, 1.807) is 0 Å². The first-order valence-corrected chi connectivity index (χ1v) is 6.50. The molecule has 1 saturated carbocycles. The second kappa shape index (κ2) is 5.71. The Kier molecular flexibility index (Phi) is 4.21. The minimum Gasteiger partial charge on any atom is -0.376 e. The molecular weight excluding hydrogens is 273 g/mol. The van der Waals surface area contributed by atoms with Crippen LogP contribution in [0.25, 0.3) is 0 Å². The van der Waals surface area contributed by atoms with Crippen LogP contribution >= 0.6 is 11.6 Å². The summed E-state index contributed by atoms with van der Waals surface area (Å²) in [4.78, 5) is 10.4. The van der Waals surface area contributed by atoms with Gasteiger partial charge in [-0.05, 0) is 25.3 Å². The van der Waals surface area contributed by atoms with Crippen LogP contribution in [0.5, 0.6) is 0 Å². The summed E-state index contributed by atoms with van der Waals surface area (Å²) in [6, 6.07) is 2.15. The monoisotopic (exact) mass is 287 g/mol. The van der Waals surface area contributed by atoms with Crippen LogP contribution in [0, 0.1) is 21.8 Å². The van der Waals surface area contributed by atoms with Gasteiger partial charge in [0.2, 0.25) is 0 Å². The number of nitrogens with zero attached hydrogens (tertiary/aromatic N) is 1. The Morgan fingerprint density at radius 1 is 1.53 bits per heavy atom. The van der Waals surface area contributed by atoms with E-state index in [4.69, 9.17) is 17.3 Å².